The number of nitrogens with one attached hydrogen (secondary N) is 1. The van der Waals surface area contributed by atoms with E-state index in [1.165, 1.54) is 0 Å². The first-order valence-corrected chi connectivity index (χ1v) is 7.13. The molecule has 0 spiro atoms. The molecule has 0 radical (unpaired) electrons. The Kier molecular flexibility index (Phi) is 5.19. The van der Waals surface area contributed by atoms with E-state index in [4.69, 9.17) is 4.74 Å². The molecule has 4 heteroatoms. The van der Waals surface area contributed by atoms with Crippen LogP contribution in [0, 0.1) is 11.8 Å². The second-order valence-electron chi connectivity index (χ2n) is 5.16. The van der Waals surface area contributed by atoms with Crippen LogP contribution in [0.25, 0.3) is 0 Å². The topological polar surface area (TPSA) is 47.0 Å². The number of anilines is 1. The van der Waals surface area contributed by atoms with Crippen molar-refractivity contribution in [2.45, 2.75) is 33.1 Å². The lowest BCUT2D eigenvalue weighted by atomic mass is 9.85. The van der Waals surface area contributed by atoms with Gasteiger partial charge in [-0.3, -0.25) is 0 Å². The molecular formula is C15H23N3O. The molecule has 1 aromatic rings. The molecule has 2 rings (SSSR count). The second kappa shape index (κ2) is 7.12. The number of ether oxygens (including phenoxy) is 1. The van der Waals surface area contributed by atoms with E-state index in [2.05, 4.69) is 41.3 Å². The lowest BCUT2D eigenvalue weighted by Gasteiger charge is -2.24. The zero-order valence-electron chi connectivity index (χ0n) is 11.8. The van der Waals surface area contributed by atoms with Gasteiger partial charge in [0.05, 0.1) is 6.61 Å². The van der Waals surface area contributed by atoms with Crippen molar-refractivity contribution in [2.75, 3.05) is 18.5 Å². The molecule has 1 aromatic heterocycles. The molecule has 1 heterocycles. The summed E-state index contributed by atoms with van der Waals surface area (Å²) in [6, 6.07) is 1.87. The molecule has 0 bridgehead atoms. The van der Waals surface area contributed by atoms with Crippen LogP contribution in [-0.2, 0) is 0 Å². The summed E-state index contributed by atoms with van der Waals surface area (Å²) in [5, 5.41) is 3.24. The van der Waals surface area contributed by atoms with Crippen LogP contribution in [-0.4, -0.2) is 23.1 Å². The molecule has 0 fully saturated rings. The minimum absolute atomic E-state index is 0.590. The Bertz CT molecular complexity index is 420. The van der Waals surface area contributed by atoms with Gasteiger partial charge < -0.3 is 10.1 Å². The Labute approximate surface area is 115 Å². The van der Waals surface area contributed by atoms with Crippen LogP contribution in [0.15, 0.2) is 24.5 Å². The van der Waals surface area contributed by atoms with E-state index >= 15 is 0 Å². The minimum Gasteiger partial charge on any atom is -0.477 e. The molecule has 0 saturated carbocycles. The smallest absolute Gasteiger partial charge is 0.218 e. The van der Waals surface area contributed by atoms with Gasteiger partial charge in [-0.15, -0.1) is 0 Å². The Hall–Kier alpha value is -1.58. The Balaban J connectivity index is 1.86. The molecule has 2 unspecified atom stereocenters. The van der Waals surface area contributed by atoms with E-state index < -0.39 is 0 Å². The fourth-order valence-corrected chi connectivity index (χ4v) is 2.20. The molecule has 0 amide bonds. The molecule has 4 nitrogen and oxygen atoms in total. The number of allylic oxidation sites excluding steroid dienone is 2. The summed E-state index contributed by atoms with van der Waals surface area (Å²) in [6.07, 6.45) is 9.40. The van der Waals surface area contributed by atoms with Gasteiger partial charge >= 0.3 is 0 Å². The predicted molar refractivity (Wildman–Crippen MR) is 77.3 cm³/mol. The molecule has 0 saturated heterocycles. The van der Waals surface area contributed by atoms with E-state index in [-0.39, 0.29) is 0 Å². The Morgan fingerprint density at radius 2 is 2.16 bits per heavy atom. The summed E-state index contributed by atoms with van der Waals surface area (Å²) in [5.41, 5.74) is 0. The molecule has 1 aliphatic rings. The van der Waals surface area contributed by atoms with Crippen molar-refractivity contribution < 1.29 is 4.74 Å². The largest absolute Gasteiger partial charge is 0.477 e. The van der Waals surface area contributed by atoms with Crippen LogP contribution < -0.4 is 10.1 Å². The normalized spacial score (nSPS) is 22.2. The molecular weight excluding hydrogens is 238 g/mol. The first-order valence-electron chi connectivity index (χ1n) is 7.13. The van der Waals surface area contributed by atoms with Gasteiger partial charge in [-0.1, -0.05) is 26.0 Å². The standard InChI is InChI=1S/C15H23N3O/c1-3-8-16-14-9-15(18-11-17-14)19-10-13-7-5-4-6-12(13)2/h4-5,9,11-13H,3,6-8,10H2,1-2H3,(H,16,17,18). The van der Waals surface area contributed by atoms with Crippen LogP contribution in [0.1, 0.15) is 33.1 Å². The van der Waals surface area contributed by atoms with Gasteiger partial charge in [0, 0.05) is 12.6 Å². The first kappa shape index (κ1) is 13.8. The quantitative estimate of drug-likeness (QED) is 0.798. The maximum Gasteiger partial charge on any atom is 0.218 e. The average Bonchev–Trinajstić information content (AvgIpc) is 2.45. The highest BCUT2D eigenvalue weighted by Crippen LogP contribution is 2.25. The van der Waals surface area contributed by atoms with E-state index in [9.17, 15) is 0 Å². The van der Waals surface area contributed by atoms with Gasteiger partial charge in [0.2, 0.25) is 5.88 Å². The van der Waals surface area contributed by atoms with Gasteiger partial charge in [0.25, 0.3) is 0 Å². The second-order valence-corrected chi connectivity index (χ2v) is 5.16. The highest BCUT2D eigenvalue weighted by atomic mass is 16.5. The summed E-state index contributed by atoms with van der Waals surface area (Å²) in [6.45, 7) is 6.06. The van der Waals surface area contributed by atoms with Gasteiger partial charge in [0.1, 0.15) is 12.1 Å². The lowest BCUT2D eigenvalue weighted by Crippen LogP contribution is -2.21. The zero-order chi connectivity index (χ0) is 13.5. The predicted octanol–water partition coefficient (Wildman–Crippen LogP) is 3.28. The van der Waals surface area contributed by atoms with Crippen molar-refractivity contribution >= 4 is 5.82 Å². The number of nitrogens with zero attached hydrogens (tertiary/aromatic N) is 2. The molecule has 1 aliphatic carbocycles. The van der Waals surface area contributed by atoms with Crippen molar-refractivity contribution in [3.05, 3.63) is 24.5 Å². The number of rotatable bonds is 6. The van der Waals surface area contributed by atoms with Crippen LogP contribution in [0.2, 0.25) is 0 Å². The van der Waals surface area contributed by atoms with Gasteiger partial charge in [-0.25, -0.2) is 9.97 Å². The maximum absolute atomic E-state index is 5.81. The van der Waals surface area contributed by atoms with E-state index in [0.29, 0.717) is 17.7 Å². The van der Waals surface area contributed by atoms with Crippen LogP contribution in [0.4, 0.5) is 5.82 Å². The van der Waals surface area contributed by atoms with Gasteiger partial charge in [0.15, 0.2) is 0 Å². The summed E-state index contributed by atoms with van der Waals surface area (Å²) < 4.78 is 5.81. The maximum atomic E-state index is 5.81. The van der Waals surface area contributed by atoms with Crippen molar-refractivity contribution in [1.82, 2.24) is 9.97 Å². The van der Waals surface area contributed by atoms with E-state index in [1.54, 1.807) is 6.33 Å². The van der Waals surface area contributed by atoms with E-state index in [0.717, 1.165) is 38.2 Å². The fourth-order valence-electron chi connectivity index (χ4n) is 2.20. The summed E-state index contributed by atoms with van der Waals surface area (Å²) in [7, 11) is 0. The zero-order valence-corrected chi connectivity index (χ0v) is 11.8. The van der Waals surface area contributed by atoms with Crippen LogP contribution >= 0.6 is 0 Å². The SMILES string of the molecule is CCCNc1cc(OCC2CC=CCC2C)ncn1. The third-order valence-electron chi connectivity index (χ3n) is 3.56. The fraction of sp³-hybridized carbons (Fsp3) is 0.600. The number of hydrogen-bond acceptors (Lipinski definition) is 4. The molecule has 104 valence electrons. The average molecular weight is 261 g/mol. The van der Waals surface area contributed by atoms with Crippen molar-refractivity contribution in [1.29, 1.82) is 0 Å². The summed E-state index contributed by atoms with van der Waals surface area (Å²) >= 11 is 0. The van der Waals surface area contributed by atoms with Crippen molar-refractivity contribution in [3.63, 3.8) is 0 Å². The first-order chi connectivity index (χ1) is 9.29. The monoisotopic (exact) mass is 261 g/mol. The third-order valence-corrected chi connectivity index (χ3v) is 3.56. The molecule has 2 atom stereocenters. The Morgan fingerprint density at radius 1 is 1.32 bits per heavy atom. The minimum atomic E-state index is 0.590. The number of hydrogen-bond donors (Lipinski definition) is 1. The van der Waals surface area contributed by atoms with E-state index in [1.807, 2.05) is 6.07 Å². The molecule has 19 heavy (non-hydrogen) atoms. The Morgan fingerprint density at radius 3 is 2.95 bits per heavy atom. The molecule has 0 aliphatic heterocycles. The third kappa shape index (κ3) is 4.23. The molecule has 1 N–H and O–H groups in total. The van der Waals surface area contributed by atoms with Crippen molar-refractivity contribution in [2.24, 2.45) is 11.8 Å². The highest BCUT2D eigenvalue weighted by molar-refractivity contribution is 5.36. The van der Waals surface area contributed by atoms with Gasteiger partial charge in [-0.05, 0) is 31.1 Å². The summed E-state index contributed by atoms with van der Waals surface area (Å²) in [5.74, 6) is 2.77. The van der Waals surface area contributed by atoms with Crippen LogP contribution in [0.5, 0.6) is 5.88 Å². The summed E-state index contributed by atoms with van der Waals surface area (Å²) in [4.78, 5) is 8.34. The highest BCUT2D eigenvalue weighted by Gasteiger charge is 2.19. The van der Waals surface area contributed by atoms with Crippen molar-refractivity contribution in [3.8, 4) is 5.88 Å². The molecule has 0 aromatic carbocycles. The van der Waals surface area contributed by atoms with Crippen LogP contribution in [0.3, 0.4) is 0 Å². The number of aromatic nitrogens is 2. The van der Waals surface area contributed by atoms with Gasteiger partial charge in [-0.2, -0.15) is 0 Å². The lowest BCUT2D eigenvalue weighted by molar-refractivity contribution is 0.192.